The fraction of sp³-hybridized carbons (Fsp3) is 0.643. The maximum absolute atomic E-state index is 5.75. The highest BCUT2D eigenvalue weighted by Crippen LogP contribution is 2.30. The van der Waals surface area contributed by atoms with Gasteiger partial charge in [-0.25, -0.2) is 0 Å². The Bertz CT molecular complexity index is 395. The maximum Gasteiger partial charge on any atom is 0.238 e. The molecule has 100 valence electrons. The van der Waals surface area contributed by atoms with Gasteiger partial charge in [0, 0.05) is 6.54 Å². The topological polar surface area (TPSA) is 60.2 Å². The summed E-state index contributed by atoms with van der Waals surface area (Å²) in [4.78, 5) is 4.34. The van der Waals surface area contributed by atoms with Crippen LogP contribution in [0, 0.1) is 11.8 Å². The van der Waals surface area contributed by atoms with Gasteiger partial charge >= 0.3 is 0 Å². The number of pyridine rings is 1. The molecule has 1 saturated carbocycles. The predicted molar refractivity (Wildman–Crippen MR) is 74.8 cm³/mol. The van der Waals surface area contributed by atoms with E-state index >= 15 is 0 Å². The predicted octanol–water partition coefficient (Wildman–Crippen LogP) is 2.91. The summed E-state index contributed by atoms with van der Waals surface area (Å²) in [5.74, 6) is 2.90. The number of rotatable bonds is 4. The molecule has 1 fully saturated rings. The van der Waals surface area contributed by atoms with Gasteiger partial charge in [-0.15, -0.1) is 0 Å². The van der Waals surface area contributed by atoms with Crippen molar-refractivity contribution in [3.63, 3.8) is 0 Å². The number of hydrogen-bond acceptors (Lipinski definition) is 4. The van der Waals surface area contributed by atoms with E-state index in [1.807, 2.05) is 12.1 Å². The fourth-order valence-electron chi connectivity index (χ4n) is 2.65. The lowest BCUT2D eigenvalue weighted by atomic mass is 9.80. The molecule has 3 N–H and O–H groups in total. The number of nitrogens with one attached hydrogen (secondary N) is 1. The van der Waals surface area contributed by atoms with Crippen LogP contribution in [0.4, 0.5) is 11.5 Å². The Kier molecular flexibility index (Phi) is 4.28. The molecule has 18 heavy (non-hydrogen) atoms. The summed E-state index contributed by atoms with van der Waals surface area (Å²) in [5.41, 5.74) is 6.32. The van der Waals surface area contributed by atoms with Crippen LogP contribution >= 0.6 is 0 Å². The lowest BCUT2D eigenvalue weighted by Crippen LogP contribution is -2.24. The van der Waals surface area contributed by atoms with Gasteiger partial charge in [0.25, 0.3) is 0 Å². The van der Waals surface area contributed by atoms with Crippen molar-refractivity contribution in [2.75, 3.05) is 24.7 Å². The van der Waals surface area contributed by atoms with Crippen molar-refractivity contribution in [3.05, 3.63) is 12.1 Å². The number of nitrogen functional groups attached to an aromatic ring is 1. The van der Waals surface area contributed by atoms with E-state index in [0.29, 0.717) is 11.6 Å². The second kappa shape index (κ2) is 5.94. The fourth-order valence-corrected chi connectivity index (χ4v) is 2.65. The SMILES string of the molecule is COc1nc(NCC2CCCCC2C)ccc1N. The number of hydrogen-bond donors (Lipinski definition) is 2. The summed E-state index contributed by atoms with van der Waals surface area (Å²) in [6, 6.07) is 3.74. The molecule has 1 aliphatic carbocycles. The summed E-state index contributed by atoms with van der Waals surface area (Å²) in [6.45, 7) is 3.34. The van der Waals surface area contributed by atoms with E-state index in [4.69, 9.17) is 10.5 Å². The molecule has 0 radical (unpaired) electrons. The number of anilines is 2. The quantitative estimate of drug-likeness (QED) is 0.861. The summed E-state index contributed by atoms with van der Waals surface area (Å²) < 4.78 is 5.12. The van der Waals surface area contributed by atoms with E-state index in [1.165, 1.54) is 25.7 Å². The van der Waals surface area contributed by atoms with Gasteiger partial charge in [-0.2, -0.15) is 4.98 Å². The molecule has 1 aromatic rings. The van der Waals surface area contributed by atoms with Gasteiger partial charge in [0.15, 0.2) is 0 Å². The molecule has 0 amide bonds. The maximum atomic E-state index is 5.75. The molecule has 1 heterocycles. The molecule has 2 unspecified atom stereocenters. The van der Waals surface area contributed by atoms with Crippen LogP contribution in [0.5, 0.6) is 5.88 Å². The van der Waals surface area contributed by atoms with Crippen LogP contribution in [0.3, 0.4) is 0 Å². The van der Waals surface area contributed by atoms with Gasteiger partial charge < -0.3 is 15.8 Å². The van der Waals surface area contributed by atoms with Crippen molar-refractivity contribution < 1.29 is 4.74 Å². The van der Waals surface area contributed by atoms with Crippen LogP contribution in [-0.2, 0) is 0 Å². The lowest BCUT2D eigenvalue weighted by molar-refractivity contribution is 0.268. The first kappa shape index (κ1) is 13.0. The normalized spacial score (nSPS) is 23.7. The van der Waals surface area contributed by atoms with Gasteiger partial charge in [-0.3, -0.25) is 0 Å². The summed E-state index contributed by atoms with van der Waals surface area (Å²) in [7, 11) is 1.59. The number of aromatic nitrogens is 1. The number of nitrogens with two attached hydrogens (primary N) is 1. The van der Waals surface area contributed by atoms with Crippen LogP contribution in [0.1, 0.15) is 32.6 Å². The van der Waals surface area contributed by atoms with Gasteiger partial charge in [0.1, 0.15) is 5.82 Å². The summed E-state index contributed by atoms with van der Waals surface area (Å²) in [6.07, 6.45) is 5.41. The molecule has 0 bridgehead atoms. The molecular formula is C14H23N3O. The summed E-state index contributed by atoms with van der Waals surface area (Å²) in [5, 5.41) is 3.40. The van der Waals surface area contributed by atoms with E-state index in [2.05, 4.69) is 17.2 Å². The smallest absolute Gasteiger partial charge is 0.238 e. The van der Waals surface area contributed by atoms with Crippen molar-refractivity contribution in [3.8, 4) is 5.88 Å². The van der Waals surface area contributed by atoms with Crippen LogP contribution in [0.25, 0.3) is 0 Å². The van der Waals surface area contributed by atoms with E-state index in [1.54, 1.807) is 7.11 Å². The third-order valence-electron chi connectivity index (χ3n) is 3.92. The van der Waals surface area contributed by atoms with Crippen LogP contribution in [0.2, 0.25) is 0 Å². The van der Waals surface area contributed by atoms with E-state index in [0.717, 1.165) is 24.2 Å². The molecule has 2 rings (SSSR count). The zero-order valence-electron chi connectivity index (χ0n) is 11.3. The highest BCUT2D eigenvalue weighted by molar-refractivity contribution is 5.53. The molecule has 4 nitrogen and oxygen atoms in total. The first-order valence-electron chi connectivity index (χ1n) is 6.75. The van der Waals surface area contributed by atoms with E-state index < -0.39 is 0 Å². The molecule has 4 heteroatoms. The van der Waals surface area contributed by atoms with Crippen molar-refractivity contribution >= 4 is 11.5 Å². The average Bonchev–Trinajstić information content (AvgIpc) is 2.39. The molecule has 2 atom stereocenters. The Morgan fingerprint density at radius 1 is 1.39 bits per heavy atom. The lowest BCUT2D eigenvalue weighted by Gasteiger charge is -2.29. The zero-order chi connectivity index (χ0) is 13.0. The zero-order valence-corrected chi connectivity index (χ0v) is 11.3. The first-order valence-corrected chi connectivity index (χ1v) is 6.75. The van der Waals surface area contributed by atoms with Crippen molar-refractivity contribution in [1.29, 1.82) is 0 Å². The number of ether oxygens (including phenoxy) is 1. The van der Waals surface area contributed by atoms with E-state index in [-0.39, 0.29) is 0 Å². The van der Waals surface area contributed by atoms with Gasteiger partial charge in [-0.1, -0.05) is 26.2 Å². The Morgan fingerprint density at radius 2 is 2.17 bits per heavy atom. The Balaban J connectivity index is 1.93. The number of methoxy groups -OCH3 is 1. The Morgan fingerprint density at radius 3 is 2.89 bits per heavy atom. The number of nitrogens with zero attached hydrogens (tertiary/aromatic N) is 1. The van der Waals surface area contributed by atoms with Gasteiger partial charge in [-0.05, 0) is 30.4 Å². The molecule has 0 aromatic carbocycles. The Hall–Kier alpha value is -1.45. The third-order valence-corrected chi connectivity index (χ3v) is 3.92. The van der Waals surface area contributed by atoms with Crippen LogP contribution in [-0.4, -0.2) is 18.6 Å². The molecule has 0 spiro atoms. The van der Waals surface area contributed by atoms with Crippen molar-refractivity contribution in [2.45, 2.75) is 32.6 Å². The van der Waals surface area contributed by atoms with Crippen molar-refractivity contribution in [2.24, 2.45) is 11.8 Å². The monoisotopic (exact) mass is 249 g/mol. The minimum Gasteiger partial charge on any atom is -0.479 e. The molecular weight excluding hydrogens is 226 g/mol. The third kappa shape index (κ3) is 3.06. The highest BCUT2D eigenvalue weighted by atomic mass is 16.5. The first-order chi connectivity index (χ1) is 8.70. The summed E-state index contributed by atoms with van der Waals surface area (Å²) >= 11 is 0. The minimum absolute atomic E-state index is 0.497. The molecule has 1 aliphatic rings. The molecule has 0 aliphatic heterocycles. The minimum atomic E-state index is 0.497. The molecule has 1 aromatic heterocycles. The van der Waals surface area contributed by atoms with Gasteiger partial charge in [0.2, 0.25) is 5.88 Å². The van der Waals surface area contributed by atoms with Gasteiger partial charge in [0.05, 0.1) is 12.8 Å². The largest absolute Gasteiger partial charge is 0.479 e. The Labute approximate surface area is 109 Å². The van der Waals surface area contributed by atoms with Crippen LogP contribution in [0.15, 0.2) is 12.1 Å². The highest BCUT2D eigenvalue weighted by Gasteiger charge is 2.20. The van der Waals surface area contributed by atoms with Crippen LogP contribution < -0.4 is 15.8 Å². The average molecular weight is 249 g/mol. The van der Waals surface area contributed by atoms with E-state index in [9.17, 15) is 0 Å². The second-order valence-corrected chi connectivity index (χ2v) is 5.20. The van der Waals surface area contributed by atoms with Crippen molar-refractivity contribution in [1.82, 2.24) is 4.98 Å². The molecule has 0 saturated heterocycles. The standard InChI is InChI=1S/C14H23N3O/c1-10-5-3-4-6-11(10)9-16-13-8-7-12(15)14(17-13)18-2/h7-8,10-11H,3-6,9,15H2,1-2H3,(H,16,17). The second-order valence-electron chi connectivity index (χ2n) is 5.20.